The molecule has 0 aliphatic carbocycles. The van der Waals surface area contributed by atoms with E-state index in [0.717, 1.165) is 16.5 Å². The number of carbonyl (C=O) groups is 1. The number of carbonyl (C=O) groups excluding carboxylic acids is 1. The van der Waals surface area contributed by atoms with Gasteiger partial charge in [-0.25, -0.2) is 0 Å². The molecule has 3 nitrogen and oxygen atoms in total. The zero-order valence-corrected chi connectivity index (χ0v) is 11.0. The van der Waals surface area contributed by atoms with Crippen molar-refractivity contribution in [1.29, 1.82) is 0 Å². The van der Waals surface area contributed by atoms with Crippen LogP contribution in [0.15, 0.2) is 28.7 Å². The molecule has 0 saturated heterocycles. The average molecular weight is 285 g/mol. The zero-order chi connectivity index (χ0) is 12.0. The lowest BCUT2D eigenvalue weighted by molar-refractivity contribution is -0.121. The molecule has 0 aliphatic rings. The molecular weight excluding hydrogens is 268 g/mol. The summed E-state index contributed by atoms with van der Waals surface area (Å²) in [6.07, 6.45) is 1.23. The highest BCUT2D eigenvalue weighted by molar-refractivity contribution is 9.10. The molecule has 1 unspecified atom stereocenters. The standard InChI is InChI=1S/C12H17BrN2O/c1-9(15-12(16)3-2-8-14)10-4-6-11(13)7-5-10/h4-7,9H,2-3,8,14H2,1H3,(H,15,16). The number of rotatable bonds is 5. The Morgan fingerprint density at radius 2 is 2.06 bits per heavy atom. The smallest absolute Gasteiger partial charge is 0.220 e. The van der Waals surface area contributed by atoms with Gasteiger partial charge in [0.15, 0.2) is 0 Å². The third-order valence-electron chi connectivity index (χ3n) is 2.36. The number of hydrogen-bond donors (Lipinski definition) is 2. The largest absolute Gasteiger partial charge is 0.350 e. The molecule has 3 N–H and O–H groups in total. The Balaban J connectivity index is 2.48. The van der Waals surface area contributed by atoms with E-state index in [2.05, 4.69) is 21.2 Å². The van der Waals surface area contributed by atoms with Gasteiger partial charge in [0.1, 0.15) is 0 Å². The van der Waals surface area contributed by atoms with Crippen molar-refractivity contribution in [2.75, 3.05) is 6.54 Å². The maximum Gasteiger partial charge on any atom is 0.220 e. The van der Waals surface area contributed by atoms with E-state index in [-0.39, 0.29) is 11.9 Å². The van der Waals surface area contributed by atoms with Crippen LogP contribution in [0.4, 0.5) is 0 Å². The average Bonchev–Trinajstić information content (AvgIpc) is 2.27. The SMILES string of the molecule is CC(NC(=O)CCCN)c1ccc(Br)cc1. The second-order valence-corrected chi connectivity index (χ2v) is 4.65. The maximum absolute atomic E-state index is 11.5. The van der Waals surface area contributed by atoms with E-state index >= 15 is 0 Å². The Labute approximate surface area is 105 Å². The van der Waals surface area contributed by atoms with Crippen LogP contribution >= 0.6 is 15.9 Å². The predicted octanol–water partition coefficient (Wildman–Crippen LogP) is 2.37. The molecule has 0 saturated carbocycles. The van der Waals surface area contributed by atoms with Crippen molar-refractivity contribution in [2.45, 2.75) is 25.8 Å². The van der Waals surface area contributed by atoms with E-state index in [1.165, 1.54) is 0 Å². The van der Waals surface area contributed by atoms with Crippen molar-refractivity contribution < 1.29 is 4.79 Å². The first kappa shape index (κ1) is 13.2. The van der Waals surface area contributed by atoms with Crippen LogP contribution in [0, 0.1) is 0 Å². The monoisotopic (exact) mass is 284 g/mol. The molecule has 1 amide bonds. The molecule has 1 aromatic rings. The van der Waals surface area contributed by atoms with Crippen molar-refractivity contribution >= 4 is 21.8 Å². The van der Waals surface area contributed by atoms with Crippen LogP contribution in [0.1, 0.15) is 31.4 Å². The third-order valence-corrected chi connectivity index (χ3v) is 2.88. The molecule has 0 fully saturated rings. The first-order valence-corrected chi connectivity index (χ1v) is 6.17. The van der Waals surface area contributed by atoms with Crippen LogP contribution in [0.3, 0.4) is 0 Å². The van der Waals surface area contributed by atoms with Crippen molar-refractivity contribution in [3.05, 3.63) is 34.3 Å². The van der Waals surface area contributed by atoms with Crippen LogP contribution in [0.2, 0.25) is 0 Å². The Hall–Kier alpha value is -0.870. The van der Waals surface area contributed by atoms with E-state index in [1.807, 2.05) is 31.2 Å². The van der Waals surface area contributed by atoms with Gasteiger partial charge in [0, 0.05) is 10.9 Å². The van der Waals surface area contributed by atoms with Crippen LogP contribution in [-0.2, 0) is 4.79 Å². The van der Waals surface area contributed by atoms with Crippen LogP contribution in [0.25, 0.3) is 0 Å². The fraction of sp³-hybridized carbons (Fsp3) is 0.417. The molecule has 1 atom stereocenters. The molecule has 1 rings (SSSR count). The molecule has 0 spiro atoms. The van der Waals surface area contributed by atoms with E-state index in [1.54, 1.807) is 0 Å². The summed E-state index contributed by atoms with van der Waals surface area (Å²) in [5.41, 5.74) is 6.45. The molecule has 0 radical (unpaired) electrons. The van der Waals surface area contributed by atoms with Crippen LogP contribution < -0.4 is 11.1 Å². The lowest BCUT2D eigenvalue weighted by Gasteiger charge is -2.14. The topological polar surface area (TPSA) is 55.1 Å². The van der Waals surface area contributed by atoms with Gasteiger partial charge >= 0.3 is 0 Å². The molecular formula is C12H17BrN2O. The minimum atomic E-state index is 0.0402. The predicted molar refractivity (Wildman–Crippen MR) is 69.0 cm³/mol. The van der Waals surface area contributed by atoms with E-state index in [9.17, 15) is 4.79 Å². The number of hydrogen-bond acceptors (Lipinski definition) is 2. The third kappa shape index (κ3) is 4.33. The summed E-state index contributed by atoms with van der Waals surface area (Å²) in [5, 5.41) is 2.94. The van der Waals surface area contributed by atoms with Gasteiger partial charge in [-0.15, -0.1) is 0 Å². The molecule has 0 heterocycles. The summed E-state index contributed by atoms with van der Waals surface area (Å²) in [4.78, 5) is 11.5. The molecule has 88 valence electrons. The highest BCUT2D eigenvalue weighted by Crippen LogP contribution is 2.16. The summed E-state index contributed by atoms with van der Waals surface area (Å²) >= 11 is 3.38. The lowest BCUT2D eigenvalue weighted by Crippen LogP contribution is -2.26. The second kappa shape index (κ2) is 6.66. The number of benzene rings is 1. The summed E-state index contributed by atoms with van der Waals surface area (Å²) < 4.78 is 1.04. The highest BCUT2D eigenvalue weighted by atomic mass is 79.9. The van der Waals surface area contributed by atoms with Crippen molar-refractivity contribution in [2.24, 2.45) is 5.73 Å². The number of halogens is 1. The normalized spacial score (nSPS) is 12.2. The molecule has 0 bridgehead atoms. The van der Waals surface area contributed by atoms with E-state index < -0.39 is 0 Å². The van der Waals surface area contributed by atoms with Gasteiger partial charge in [0.25, 0.3) is 0 Å². The van der Waals surface area contributed by atoms with Crippen molar-refractivity contribution in [1.82, 2.24) is 5.32 Å². The molecule has 1 aromatic carbocycles. The number of amides is 1. The summed E-state index contributed by atoms with van der Waals surface area (Å²) in [6.45, 7) is 2.53. The minimum Gasteiger partial charge on any atom is -0.350 e. The van der Waals surface area contributed by atoms with Crippen LogP contribution in [0.5, 0.6) is 0 Å². The van der Waals surface area contributed by atoms with Gasteiger partial charge in [0.2, 0.25) is 5.91 Å². The van der Waals surface area contributed by atoms with E-state index in [0.29, 0.717) is 13.0 Å². The van der Waals surface area contributed by atoms with Gasteiger partial charge in [-0.2, -0.15) is 0 Å². The summed E-state index contributed by atoms with van der Waals surface area (Å²) in [5.74, 6) is 0.0564. The van der Waals surface area contributed by atoms with E-state index in [4.69, 9.17) is 5.73 Å². The van der Waals surface area contributed by atoms with Gasteiger partial charge in [-0.1, -0.05) is 28.1 Å². The fourth-order valence-electron chi connectivity index (χ4n) is 1.41. The minimum absolute atomic E-state index is 0.0402. The number of nitrogens with one attached hydrogen (secondary N) is 1. The Bertz CT molecular complexity index is 337. The van der Waals surface area contributed by atoms with Crippen molar-refractivity contribution in [3.8, 4) is 0 Å². The zero-order valence-electron chi connectivity index (χ0n) is 9.37. The highest BCUT2D eigenvalue weighted by Gasteiger charge is 2.08. The Kier molecular flexibility index (Phi) is 5.49. The summed E-state index contributed by atoms with van der Waals surface area (Å²) in [6, 6.07) is 7.98. The van der Waals surface area contributed by atoms with Gasteiger partial charge in [0.05, 0.1) is 6.04 Å². The van der Waals surface area contributed by atoms with Crippen LogP contribution in [-0.4, -0.2) is 12.5 Å². The second-order valence-electron chi connectivity index (χ2n) is 3.73. The van der Waals surface area contributed by atoms with Gasteiger partial charge in [-0.05, 0) is 37.6 Å². The molecule has 0 aliphatic heterocycles. The Morgan fingerprint density at radius 3 is 2.62 bits per heavy atom. The lowest BCUT2D eigenvalue weighted by atomic mass is 10.1. The first-order valence-electron chi connectivity index (χ1n) is 5.38. The molecule has 4 heteroatoms. The fourth-order valence-corrected chi connectivity index (χ4v) is 1.68. The van der Waals surface area contributed by atoms with Gasteiger partial charge in [-0.3, -0.25) is 4.79 Å². The molecule has 0 aromatic heterocycles. The first-order chi connectivity index (χ1) is 7.63. The summed E-state index contributed by atoms with van der Waals surface area (Å²) in [7, 11) is 0. The Morgan fingerprint density at radius 1 is 1.44 bits per heavy atom. The molecule has 16 heavy (non-hydrogen) atoms. The van der Waals surface area contributed by atoms with Gasteiger partial charge < -0.3 is 11.1 Å². The maximum atomic E-state index is 11.5. The number of nitrogens with two attached hydrogens (primary N) is 1. The quantitative estimate of drug-likeness (QED) is 0.872. The van der Waals surface area contributed by atoms with Crippen molar-refractivity contribution in [3.63, 3.8) is 0 Å².